The Morgan fingerprint density at radius 3 is 2.31 bits per heavy atom. The quantitative estimate of drug-likeness (QED) is 0.595. The number of carbonyl (C=O) groups is 1. The summed E-state index contributed by atoms with van der Waals surface area (Å²) in [4.78, 5) is 23.6. The van der Waals surface area contributed by atoms with Crippen LogP contribution in [0.15, 0.2) is 35.2 Å². The summed E-state index contributed by atoms with van der Waals surface area (Å²) < 4.78 is 25.3. The van der Waals surface area contributed by atoms with E-state index < -0.39 is 20.9 Å². The predicted molar refractivity (Wildman–Crippen MR) is 98.9 cm³/mol. The molecule has 1 atom stereocenters. The second kappa shape index (κ2) is 7.52. The number of hydrogen-bond donors (Lipinski definition) is 1. The van der Waals surface area contributed by atoms with Crippen LogP contribution in [0, 0.1) is 17.0 Å². The van der Waals surface area contributed by atoms with E-state index in [9.17, 15) is 23.3 Å². The fraction of sp³-hybridized carbons (Fsp3) is 0.312. The molecule has 10 heteroatoms. The van der Waals surface area contributed by atoms with Gasteiger partial charge in [0.05, 0.1) is 25.6 Å². The Morgan fingerprint density at radius 2 is 1.85 bits per heavy atom. The number of sulfonamides is 1. The molecule has 0 spiro atoms. The fourth-order valence-electron chi connectivity index (χ4n) is 2.26. The number of nitrogens with zero attached hydrogens (tertiary/aromatic N) is 2. The van der Waals surface area contributed by atoms with Crippen LogP contribution in [0.4, 0.5) is 5.69 Å². The Kier molecular flexibility index (Phi) is 5.79. The SMILES string of the molecule is Cc1sc(C(=O)NC(C)c2ccc(S(=O)(=O)N(C)C)cc2)cc1[N+](=O)[O-]. The smallest absolute Gasteiger partial charge is 0.283 e. The fourth-order valence-corrected chi connectivity index (χ4v) is 4.05. The van der Waals surface area contributed by atoms with Crippen molar-refractivity contribution in [1.29, 1.82) is 0 Å². The van der Waals surface area contributed by atoms with Crippen molar-refractivity contribution < 1.29 is 18.1 Å². The highest BCUT2D eigenvalue weighted by molar-refractivity contribution is 7.89. The third-order valence-corrected chi connectivity index (χ3v) is 6.69. The molecular weight excluding hydrogens is 378 g/mol. The molecule has 1 aromatic heterocycles. The lowest BCUT2D eigenvalue weighted by molar-refractivity contribution is -0.385. The monoisotopic (exact) mass is 397 g/mol. The van der Waals surface area contributed by atoms with Gasteiger partial charge in [-0.2, -0.15) is 0 Å². The van der Waals surface area contributed by atoms with E-state index in [-0.39, 0.29) is 21.5 Å². The number of rotatable bonds is 6. The Labute approximate surface area is 155 Å². The molecule has 0 aliphatic heterocycles. The molecule has 0 radical (unpaired) electrons. The van der Waals surface area contributed by atoms with Crippen LogP contribution >= 0.6 is 11.3 Å². The zero-order chi connectivity index (χ0) is 19.6. The van der Waals surface area contributed by atoms with Gasteiger partial charge >= 0.3 is 0 Å². The summed E-state index contributed by atoms with van der Waals surface area (Å²) >= 11 is 1.06. The van der Waals surface area contributed by atoms with Crippen molar-refractivity contribution in [3.63, 3.8) is 0 Å². The van der Waals surface area contributed by atoms with E-state index in [2.05, 4.69) is 5.32 Å². The lowest BCUT2D eigenvalue weighted by Gasteiger charge is -2.15. The number of nitro groups is 1. The number of nitrogens with one attached hydrogen (secondary N) is 1. The van der Waals surface area contributed by atoms with E-state index >= 15 is 0 Å². The minimum Gasteiger partial charge on any atom is -0.345 e. The van der Waals surface area contributed by atoms with Gasteiger partial charge in [-0.25, -0.2) is 12.7 Å². The summed E-state index contributed by atoms with van der Waals surface area (Å²) in [5, 5.41) is 13.7. The number of amides is 1. The van der Waals surface area contributed by atoms with Crippen LogP contribution in [0.3, 0.4) is 0 Å². The van der Waals surface area contributed by atoms with Crippen LogP contribution in [0.1, 0.15) is 33.1 Å². The van der Waals surface area contributed by atoms with Crippen LogP contribution in [0.2, 0.25) is 0 Å². The molecule has 1 heterocycles. The van der Waals surface area contributed by atoms with Gasteiger partial charge in [0.15, 0.2) is 0 Å². The standard InChI is InChI=1S/C16H19N3O5S2/c1-10(12-5-7-13(8-6-12)26(23,24)18(3)4)17-16(20)15-9-14(19(21)22)11(2)25-15/h5-10H,1-4H3,(H,17,20). The van der Waals surface area contributed by atoms with E-state index in [1.54, 1.807) is 26.0 Å². The molecule has 1 amide bonds. The molecule has 0 fully saturated rings. The van der Waals surface area contributed by atoms with Gasteiger partial charge in [0.1, 0.15) is 0 Å². The minimum absolute atomic E-state index is 0.0777. The number of thiophene rings is 1. The molecule has 140 valence electrons. The van der Waals surface area contributed by atoms with E-state index in [0.717, 1.165) is 21.2 Å². The third-order valence-electron chi connectivity index (χ3n) is 3.82. The molecule has 0 aliphatic rings. The molecular formula is C16H19N3O5S2. The van der Waals surface area contributed by atoms with E-state index in [4.69, 9.17) is 0 Å². The van der Waals surface area contributed by atoms with Crippen LogP contribution in [0.25, 0.3) is 0 Å². The Morgan fingerprint density at radius 1 is 1.27 bits per heavy atom. The summed E-state index contributed by atoms with van der Waals surface area (Å²) in [5.74, 6) is -0.413. The highest BCUT2D eigenvalue weighted by Crippen LogP contribution is 2.28. The zero-order valence-electron chi connectivity index (χ0n) is 14.7. The molecule has 1 N–H and O–H groups in total. The average Bonchev–Trinajstić information content (AvgIpc) is 2.97. The molecule has 0 saturated carbocycles. The first kappa shape index (κ1) is 20.0. The van der Waals surface area contributed by atoms with Crippen molar-refractivity contribution in [1.82, 2.24) is 9.62 Å². The zero-order valence-corrected chi connectivity index (χ0v) is 16.3. The van der Waals surface area contributed by atoms with Gasteiger partial charge in [-0.3, -0.25) is 14.9 Å². The number of carbonyl (C=O) groups excluding carboxylic acids is 1. The van der Waals surface area contributed by atoms with Crippen molar-refractivity contribution in [3.8, 4) is 0 Å². The first-order valence-corrected chi connectivity index (χ1v) is 9.88. The van der Waals surface area contributed by atoms with Crippen molar-refractivity contribution in [2.24, 2.45) is 0 Å². The van der Waals surface area contributed by atoms with Gasteiger partial charge in [-0.05, 0) is 31.5 Å². The number of aryl methyl sites for hydroxylation is 1. The molecule has 26 heavy (non-hydrogen) atoms. The second-order valence-corrected chi connectivity index (χ2v) is 9.27. The molecule has 2 aromatic rings. The Bertz CT molecular complexity index is 933. The summed E-state index contributed by atoms with van der Waals surface area (Å²) in [5.41, 5.74) is 0.643. The van der Waals surface area contributed by atoms with Crippen LogP contribution in [-0.4, -0.2) is 37.6 Å². The van der Waals surface area contributed by atoms with Crippen LogP contribution < -0.4 is 5.32 Å². The third kappa shape index (κ3) is 4.09. The molecule has 8 nitrogen and oxygen atoms in total. The summed E-state index contributed by atoms with van der Waals surface area (Å²) in [6, 6.07) is 7.09. The Hall–Kier alpha value is -2.30. The summed E-state index contributed by atoms with van der Waals surface area (Å²) in [6.07, 6.45) is 0. The largest absolute Gasteiger partial charge is 0.345 e. The lowest BCUT2D eigenvalue weighted by Crippen LogP contribution is -2.26. The minimum atomic E-state index is -3.51. The van der Waals surface area contributed by atoms with E-state index in [0.29, 0.717) is 4.88 Å². The molecule has 0 saturated heterocycles. The van der Waals surface area contributed by atoms with Gasteiger partial charge < -0.3 is 5.32 Å². The normalized spacial score (nSPS) is 12.8. The highest BCUT2D eigenvalue weighted by Gasteiger charge is 2.21. The summed E-state index contributed by atoms with van der Waals surface area (Å²) in [7, 11) is -0.606. The summed E-state index contributed by atoms with van der Waals surface area (Å²) in [6.45, 7) is 3.34. The Balaban J connectivity index is 2.15. The second-order valence-electron chi connectivity index (χ2n) is 5.86. The van der Waals surface area contributed by atoms with Gasteiger partial charge in [-0.1, -0.05) is 12.1 Å². The topological polar surface area (TPSA) is 110 Å². The molecule has 1 aromatic carbocycles. The van der Waals surface area contributed by atoms with E-state index in [1.807, 2.05) is 0 Å². The first-order chi connectivity index (χ1) is 12.0. The average molecular weight is 397 g/mol. The number of benzene rings is 1. The van der Waals surface area contributed by atoms with Gasteiger partial charge in [0.2, 0.25) is 10.0 Å². The maximum absolute atomic E-state index is 12.3. The first-order valence-electron chi connectivity index (χ1n) is 7.62. The van der Waals surface area contributed by atoms with Gasteiger partial charge in [-0.15, -0.1) is 11.3 Å². The van der Waals surface area contributed by atoms with Crippen LogP contribution in [-0.2, 0) is 10.0 Å². The van der Waals surface area contributed by atoms with Gasteiger partial charge in [0, 0.05) is 20.2 Å². The van der Waals surface area contributed by atoms with Crippen molar-refractivity contribution in [3.05, 3.63) is 55.8 Å². The van der Waals surface area contributed by atoms with Crippen LogP contribution in [0.5, 0.6) is 0 Å². The van der Waals surface area contributed by atoms with Crippen molar-refractivity contribution in [2.75, 3.05) is 14.1 Å². The molecule has 0 bridgehead atoms. The molecule has 0 aliphatic carbocycles. The van der Waals surface area contributed by atoms with Crippen molar-refractivity contribution >= 4 is 33.0 Å². The van der Waals surface area contributed by atoms with Crippen molar-refractivity contribution in [2.45, 2.75) is 24.8 Å². The molecule has 2 rings (SSSR count). The maximum atomic E-state index is 12.3. The number of hydrogen-bond acceptors (Lipinski definition) is 6. The lowest BCUT2D eigenvalue weighted by atomic mass is 10.1. The van der Waals surface area contributed by atoms with E-state index in [1.165, 1.54) is 32.3 Å². The highest BCUT2D eigenvalue weighted by atomic mass is 32.2. The predicted octanol–water partition coefficient (Wildman–Crippen LogP) is 2.71. The maximum Gasteiger partial charge on any atom is 0.283 e. The van der Waals surface area contributed by atoms with Gasteiger partial charge in [0.25, 0.3) is 11.6 Å². The molecule has 1 unspecified atom stereocenters.